The highest BCUT2D eigenvalue weighted by Crippen LogP contribution is 2.35. The van der Waals surface area contributed by atoms with E-state index in [9.17, 15) is 5.26 Å². The number of aromatic nitrogens is 3. The van der Waals surface area contributed by atoms with Crippen molar-refractivity contribution in [3.05, 3.63) is 71.9 Å². The number of rotatable bonds is 3. The van der Waals surface area contributed by atoms with Crippen molar-refractivity contribution in [3.8, 4) is 23.0 Å². The average Bonchev–Trinajstić information content (AvgIpc) is 3.38. The molecule has 5 rings (SSSR count). The number of benzene rings is 2. The van der Waals surface area contributed by atoms with Gasteiger partial charge in [-0.1, -0.05) is 29.8 Å². The number of fused-ring (bicyclic) bond motifs is 1. The zero-order valence-electron chi connectivity index (χ0n) is 16.8. The molecular formula is C24H22N6. The molecule has 1 saturated heterocycles. The van der Waals surface area contributed by atoms with E-state index >= 15 is 0 Å². The van der Waals surface area contributed by atoms with Crippen LogP contribution in [0.5, 0.6) is 0 Å². The number of anilines is 1. The largest absolute Gasteiger partial charge is 0.353 e. The lowest BCUT2D eigenvalue weighted by Gasteiger charge is -2.16. The Bertz CT molecular complexity index is 1250. The summed E-state index contributed by atoms with van der Waals surface area (Å²) in [5.41, 5.74) is 11.8. The van der Waals surface area contributed by atoms with E-state index < -0.39 is 0 Å². The minimum absolute atomic E-state index is 0.166. The Morgan fingerprint density at radius 1 is 1.07 bits per heavy atom. The number of pyridine rings is 1. The molecule has 0 unspecified atom stereocenters. The second-order valence-electron chi connectivity index (χ2n) is 7.81. The van der Waals surface area contributed by atoms with Gasteiger partial charge in [-0.2, -0.15) is 10.4 Å². The molecular weight excluding hydrogens is 372 g/mol. The van der Waals surface area contributed by atoms with E-state index in [1.165, 1.54) is 5.56 Å². The van der Waals surface area contributed by atoms with Crippen molar-refractivity contribution in [2.24, 2.45) is 5.73 Å². The molecule has 3 heterocycles. The smallest absolute Gasteiger partial charge is 0.157 e. The molecule has 1 fully saturated rings. The highest BCUT2D eigenvalue weighted by molar-refractivity contribution is 5.99. The average molecular weight is 394 g/mol. The summed E-state index contributed by atoms with van der Waals surface area (Å²) >= 11 is 0. The van der Waals surface area contributed by atoms with Gasteiger partial charge in [-0.25, -0.2) is 9.67 Å². The third kappa shape index (κ3) is 3.10. The van der Waals surface area contributed by atoms with Crippen LogP contribution in [-0.2, 0) is 0 Å². The van der Waals surface area contributed by atoms with E-state index in [1.807, 2.05) is 41.2 Å². The predicted octanol–water partition coefficient (Wildman–Crippen LogP) is 3.81. The molecule has 0 radical (unpaired) electrons. The van der Waals surface area contributed by atoms with Crippen LogP contribution >= 0.6 is 0 Å². The van der Waals surface area contributed by atoms with Crippen LogP contribution in [0.3, 0.4) is 0 Å². The highest BCUT2D eigenvalue weighted by Gasteiger charge is 2.25. The van der Waals surface area contributed by atoms with Gasteiger partial charge >= 0.3 is 0 Å². The Hall–Kier alpha value is -3.69. The zero-order chi connectivity index (χ0) is 20.7. The van der Waals surface area contributed by atoms with Crippen LogP contribution in [0.25, 0.3) is 27.8 Å². The number of nitrogens with zero attached hydrogens (tertiary/aromatic N) is 5. The van der Waals surface area contributed by atoms with Crippen molar-refractivity contribution in [3.63, 3.8) is 0 Å². The van der Waals surface area contributed by atoms with Gasteiger partial charge in [-0.05, 0) is 43.7 Å². The third-order valence-electron chi connectivity index (χ3n) is 5.66. The maximum absolute atomic E-state index is 9.18. The lowest BCUT2D eigenvalue weighted by Crippen LogP contribution is -2.27. The van der Waals surface area contributed by atoms with Gasteiger partial charge in [0.05, 0.1) is 23.0 Å². The lowest BCUT2D eigenvalue weighted by molar-refractivity contribution is 0.751. The SMILES string of the molecule is Cc1ccc(-n2nc3c(N4CC[C@H](N)C4)nccc3c2-c2ccc(C#N)cc2)cc1. The van der Waals surface area contributed by atoms with Crippen LogP contribution in [0, 0.1) is 18.3 Å². The molecule has 1 aliphatic rings. The van der Waals surface area contributed by atoms with Crippen LogP contribution in [0.2, 0.25) is 0 Å². The van der Waals surface area contributed by atoms with Crippen molar-refractivity contribution < 1.29 is 0 Å². The molecule has 4 aromatic rings. The second kappa shape index (κ2) is 7.29. The Labute approximate surface area is 175 Å². The molecule has 0 amide bonds. The van der Waals surface area contributed by atoms with E-state index in [-0.39, 0.29) is 6.04 Å². The number of hydrogen-bond donors (Lipinski definition) is 1. The highest BCUT2D eigenvalue weighted by atomic mass is 15.3. The zero-order valence-corrected chi connectivity index (χ0v) is 16.8. The summed E-state index contributed by atoms with van der Waals surface area (Å²) < 4.78 is 1.98. The molecule has 2 N–H and O–H groups in total. The van der Waals surface area contributed by atoms with Gasteiger partial charge in [0.25, 0.3) is 0 Å². The van der Waals surface area contributed by atoms with Crippen LogP contribution in [0.15, 0.2) is 60.8 Å². The molecule has 0 spiro atoms. The van der Waals surface area contributed by atoms with E-state index in [0.29, 0.717) is 5.56 Å². The molecule has 0 aliphatic carbocycles. The fourth-order valence-electron chi connectivity index (χ4n) is 4.06. The van der Waals surface area contributed by atoms with Gasteiger partial charge in [-0.3, -0.25) is 0 Å². The molecule has 0 bridgehead atoms. The van der Waals surface area contributed by atoms with Crippen molar-refractivity contribution in [1.29, 1.82) is 5.26 Å². The normalized spacial score (nSPS) is 16.2. The topological polar surface area (TPSA) is 83.8 Å². The standard InChI is InChI=1S/C24H22N6/c1-16-2-8-20(9-3-16)30-23(18-6-4-17(14-25)5-7-18)21-10-12-27-24(22(21)28-30)29-13-11-19(26)15-29/h2-10,12,19H,11,13,15,26H2,1H3/t19-/m0/s1. The van der Waals surface area contributed by atoms with Crippen LogP contribution in [0.1, 0.15) is 17.5 Å². The van der Waals surface area contributed by atoms with Crippen molar-refractivity contribution in [1.82, 2.24) is 14.8 Å². The predicted molar refractivity (Wildman–Crippen MR) is 119 cm³/mol. The molecule has 148 valence electrons. The first-order valence-corrected chi connectivity index (χ1v) is 10.1. The summed E-state index contributed by atoms with van der Waals surface area (Å²) in [6, 6.07) is 20.3. The van der Waals surface area contributed by atoms with E-state index in [1.54, 1.807) is 0 Å². The van der Waals surface area contributed by atoms with E-state index in [2.05, 4.69) is 47.1 Å². The second-order valence-corrected chi connectivity index (χ2v) is 7.81. The summed E-state index contributed by atoms with van der Waals surface area (Å²) in [4.78, 5) is 6.88. The summed E-state index contributed by atoms with van der Waals surface area (Å²) in [6.45, 7) is 3.75. The summed E-state index contributed by atoms with van der Waals surface area (Å²) in [7, 11) is 0. The Morgan fingerprint density at radius 2 is 1.83 bits per heavy atom. The van der Waals surface area contributed by atoms with Crippen LogP contribution in [0.4, 0.5) is 5.82 Å². The Morgan fingerprint density at radius 3 is 2.50 bits per heavy atom. The molecule has 30 heavy (non-hydrogen) atoms. The molecule has 1 atom stereocenters. The van der Waals surface area contributed by atoms with Gasteiger partial charge in [0, 0.05) is 36.3 Å². The lowest BCUT2D eigenvalue weighted by atomic mass is 10.1. The first-order chi connectivity index (χ1) is 14.6. The fourth-order valence-corrected chi connectivity index (χ4v) is 4.06. The minimum atomic E-state index is 0.166. The van der Waals surface area contributed by atoms with Crippen LogP contribution in [-0.4, -0.2) is 33.9 Å². The van der Waals surface area contributed by atoms with Gasteiger partial charge in [-0.15, -0.1) is 0 Å². The first-order valence-electron chi connectivity index (χ1n) is 10.1. The van der Waals surface area contributed by atoms with Gasteiger partial charge in [0.2, 0.25) is 0 Å². The van der Waals surface area contributed by atoms with E-state index in [0.717, 1.165) is 53.2 Å². The van der Waals surface area contributed by atoms with Crippen molar-refractivity contribution in [2.45, 2.75) is 19.4 Å². The molecule has 1 aliphatic heterocycles. The third-order valence-corrected chi connectivity index (χ3v) is 5.66. The molecule has 6 heteroatoms. The molecule has 0 saturated carbocycles. The van der Waals surface area contributed by atoms with Crippen LogP contribution < -0.4 is 10.6 Å². The van der Waals surface area contributed by atoms with Gasteiger partial charge in [0.1, 0.15) is 5.52 Å². The van der Waals surface area contributed by atoms with Gasteiger partial charge in [0.15, 0.2) is 5.82 Å². The van der Waals surface area contributed by atoms with E-state index in [4.69, 9.17) is 10.8 Å². The van der Waals surface area contributed by atoms with Crippen molar-refractivity contribution >= 4 is 16.7 Å². The Balaban J connectivity index is 1.75. The summed E-state index contributed by atoms with van der Waals surface area (Å²) in [5, 5.41) is 15.2. The quantitative estimate of drug-likeness (QED) is 0.571. The molecule has 6 nitrogen and oxygen atoms in total. The monoisotopic (exact) mass is 394 g/mol. The number of hydrogen-bond acceptors (Lipinski definition) is 5. The number of aryl methyl sites for hydroxylation is 1. The molecule has 2 aromatic heterocycles. The summed E-state index contributed by atoms with van der Waals surface area (Å²) in [6.07, 6.45) is 2.80. The first kappa shape index (κ1) is 18.3. The Kier molecular flexibility index (Phi) is 4.46. The maximum Gasteiger partial charge on any atom is 0.157 e. The minimum Gasteiger partial charge on any atom is -0.353 e. The van der Waals surface area contributed by atoms with Crippen molar-refractivity contribution in [2.75, 3.05) is 18.0 Å². The number of nitriles is 1. The summed E-state index contributed by atoms with van der Waals surface area (Å²) in [5.74, 6) is 0.876. The molecule has 2 aromatic carbocycles. The van der Waals surface area contributed by atoms with Gasteiger partial charge < -0.3 is 10.6 Å². The number of nitrogens with two attached hydrogens (primary N) is 1. The fraction of sp³-hybridized carbons (Fsp3) is 0.208. The maximum atomic E-state index is 9.18.